The lowest BCUT2D eigenvalue weighted by molar-refractivity contribution is -0.115. The van der Waals surface area contributed by atoms with E-state index in [1.165, 1.54) is 35.8 Å². The van der Waals surface area contributed by atoms with Crippen molar-refractivity contribution in [3.63, 3.8) is 0 Å². The minimum absolute atomic E-state index is 0.0250. The lowest BCUT2D eigenvalue weighted by atomic mass is 9.83. The molecule has 0 saturated carbocycles. The van der Waals surface area contributed by atoms with Gasteiger partial charge in [0.05, 0.1) is 24.5 Å². The zero-order valence-electron chi connectivity index (χ0n) is 30.2. The smallest absolute Gasteiger partial charge is 0.341 e. The Bertz CT molecular complexity index is 2170. The second-order valence-corrected chi connectivity index (χ2v) is 15.1. The van der Waals surface area contributed by atoms with Crippen LogP contribution in [0.15, 0.2) is 120 Å². The fraction of sp³-hybridized carbons (Fsp3) is 0.209. The number of thiophene rings is 1. The molecule has 1 heterocycles. The molecule has 2 atom stereocenters. The predicted octanol–water partition coefficient (Wildman–Crippen LogP) is 8.73. The number of amides is 3. The molecule has 0 fully saturated rings. The molecule has 0 bridgehead atoms. The summed E-state index contributed by atoms with van der Waals surface area (Å²) in [5.41, 5.74) is 4.18. The van der Waals surface area contributed by atoms with Crippen LogP contribution in [0, 0.1) is 0 Å². The Labute approximate surface area is 323 Å². The molecular formula is C43H41N3O6S2. The summed E-state index contributed by atoms with van der Waals surface area (Å²) in [5, 5.41) is 8.63. The molecule has 0 radical (unpaired) electrons. The van der Waals surface area contributed by atoms with Crippen LogP contribution in [0.1, 0.15) is 68.5 Å². The van der Waals surface area contributed by atoms with E-state index in [1.807, 2.05) is 49.4 Å². The van der Waals surface area contributed by atoms with Crippen LogP contribution in [-0.4, -0.2) is 42.7 Å². The first-order valence-corrected chi connectivity index (χ1v) is 19.4. The molecule has 0 spiro atoms. The number of carbonyl (C=O) groups is 4. The Morgan fingerprint density at radius 2 is 1.63 bits per heavy atom. The van der Waals surface area contributed by atoms with Gasteiger partial charge in [0.15, 0.2) is 0 Å². The lowest BCUT2D eigenvalue weighted by Gasteiger charge is -2.22. The summed E-state index contributed by atoms with van der Waals surface area (Å²) < 4.78 is 10.9. The molecule has 54 heavy (non-hydrogen) atoms. The van der Waals surface area contributed by atoms with E-state index in [2.05, 4.69) is 28.1 Å². The summed E-state index contributed by atoms with van der Waals surface area (Å²) in [6, 6.07) is 33.4. The van der Waals surface area contributed by atoms with Crippen molar-refractivity contribution in [3.8, 4) is 5.75 Å². The average molecular weight is 760 g/mol. The highest BCUT2D eigenvalue weighted by atomic mass is 32.2. The molecule has 9 nitrogen and oxygen atoms in total. The fourth-order valence-corrected chi connectivity index (χ4v) is 8.55. The minimum atomic E-state index is -0.548. The van der Waals surface area contributed by atoms with Crippen molar-refractivity contribution in [2.75, 3.05) is 24.4 Å². The molecule has 4 aromatic carbocycles. The molecule has 3 N–H and O–H groups in total. The monoisotopic (exact) mass is 759 g/mol. The Kier molecular flexibility index (Phi) is 12.6. The molecule has 2 unspecified atom stereocenters. The number of fused-ring (bicyclic) bond motifs is 1. The zero-order chi connectivity index (χ0) is 38.0. The van der Waals surface area contributed by atoms with Gasteiger partial charge in [0.2, 0.25) is 5.91 Å². The number of hydrogen-bond donors (Lipinski definition) is 3. The summed E-state index contributed by atoms with van der Waals surface area (Å²) in [6.07, 6.45) is 4.00. The van der Waals surface area contributed by atoms with Crippen LogP contribution in [0.4, 0.5) is 10.7 Å². The van der Waals surface area contributed by atoms with E-state index in [4.69, 9.17) is 9.47 Å². The third kappa shape index (κ3) is 9.28. The SMILES string of the molecule is CCOc1ccccc1/C=C(/NC(=O)c1ccccc1)C(=O)Nc1cccc(SC(C)C(=O)Nc2sc3c(c2C(=O)OC)CCC(c2ccccc2)C3)c1. The van der Waals surface area contributed by atoms with Gasteiger partial charge < -0.3 is 25.4 Å². The first kappa shape index (κ1) is 38.1. The van der Waals surface area contributed by atoms with Gasteiger partial charge in [0, 0.05) is 26.6 Å². The van der Waals surface area contributed by atoms with Crippen molar-refractivity contribution in [3.05, 3.63) is 148 Å². The van der Waals surface area contributed by atoms with Crippen molar-refractivity contribution in [2.45, 2.75) is 49.2 Å². The van der Waals surface area contributed by atoms with Gasteiger partial charge in [-0.15, -0.1) is 23.1 Å². The number of para-hydroxylation sites is 1. The molecule has 1 aliphatic rings. The first-order chi connectivity index (χ1) is 26.2. The van der Waals surface area contributed by atoms with E-state index in [-0.39, 0.29) is 11.6 Å². The quantitative estimate of drug-likeness (QED) is 0.0624. The lowest BCUT2D eigenvalue weighted by Crippen LogP contribution is -2.30. The minimum Gasteiger partial charge on any atom is -0.493 e. The van der Waals surface area contributed by atoms with Crippen LogP contribution in [-0.2, 0) is 27.2 Å². The summed E-state index contributed by atoms with van der Waals surface area (Å²) >= 11 is 2.76. The van der Waals surface area contributed by atoms with Gasteiger partial charge in [0.25, 0.3) is 11.8 Å². The third-order valence-electron chi connectivity index (χ3n) is 8.98. The van der Waals surface area contributed by atoms with Gasteiger partial charge in [-0.05, 0) is 92.6 Å². The van der Waals surface area contributed by atoms with E-state index >= 15 is 0 Å². The topological polar surface area (TPSA) is 123 Å². The number of hydrogen-bond acceptors (Lipinski definition) is 8. The highest BCUT2D eigenvalue weighted by Gasteiger charge is 2.31. The molecular weight excluding hydrogens is 719 g/mol. The number of methoxy groups -OCH3 is 1. The molecule has 276 valence electrons. The Balaban J connectivity index is 1.16. The van der Waals surface area contributed by atoms with Crippen LogP contribution >= 0.6 is 23.1 Å². The summed E-state index contributed by atoms with van der Waals surface area (Å²) in [4.78, 5) is 55.3. The summed E-state index contributed by atoms with van der Waals surface area (Å²) in [6.45, 7) is 4.09. The molecule has 1 aliphatic carbocycles. The molecule has 3 amide bonds. The maximum absolute atomic E-state index is 13.8. The van der Waals surface area contributed by atoms with Crippen LogP contribution in [0.2, 0.25) is 0 Å². The largest absolute Gasteiger partial charge is 0.493 e. The maximum Gasteiger partial charge on any atom is 0.341 e. The second kappa shape index (κ2) is 17.9. The van der Waals surface area contributed by atoms with Gasteiger partial charge in [-0.3, -0.25) is 14.4 Å². The predicted molar refractivity (Wildman–Crippen MR) is 215 cm³/mol. The Morgan fingerprint density at radius 3 is 2.37 bits per heavy atom. The highest BCUT2D eigenvalue weighted by molar-refractivity contribution is 8.00. The standard InChI is InChI=1S/C43H41N3O6S2/c1-4-52-36-21-12-11-18-31(36)24-35(45-40(48)29-16-9-6-10-17-29)41(49)44-32-19-13-20-33(26-32)53-27(2)39(47)46-42-38(43(50)51-3)34-23-22-30(25-37(34)54-42)28-14-7-5-8-15-28/h5-21,24,26-27,30H,4,22-23,25H2,1-3H3,(H,44,49)(H,45,48)(H,46,47)/b35-24+. The van der Waals surface area contributed by atoms with Gasteiger partial charge in [-0.1, -0.05) is 72.8 Å². The number of carbonyl (C=O) groups excluding carboxylic acids is 4. The first-order valence-electron chi connectivity index (χ1n) is 17.7. The normalized spacial score (nSPS) is 14.3. The van der Waals surface area contributed by atoms with Gasteiger partial charge in [0.1, 0.15) is 16.4 Å². The van der Waals surface area contributed by atoms with Crippen LogP contribution in [0.5, 0.6) is 5.75 Å². The number of rotatable bonds is 13. The third-order valence-corrected chi connectivity index (χ3v) is 11.2. The number of thioether (sulfide) groups is 1. The van der Waals surface area contributed by atoms with E-state index in [0.717, 1.165) is 34.6 Å². The van der Waals surface area contributed by atoms with Gasteiger partial charge >= 0.3 is 5.97 Å². The highest BCUT2D eigenvalue weighted by Crippen LogP contribution is 2.43. The van der Waals surface area contributed by atoms with Crippen LogP contribution in [0.3, 0.4) is 0 Å². The Morgan fingerprint density at radius 1 is 0.907 bits per heavy atom. The zero-order valence-corrected chi connectivity index (χ0v) is 31.9. The van der Waals surface area contributed by atoms with E-state index in [9.17, 15) is 19.2 Å². The van der Waals surface area contributed by atoms with Crippen molar-refractivity contribution in [1.82, 2.24) is 5.32 Å². The average Bonchev–Trinajstić information content (AvgIpc) is 3.55. The molecule has 11 heteroatoms. The number of benzene rings is 4. The second-order valence-electron chi connectivity index (χ2n) is 12.6. The molecule has 1 aromatic heterocycles. The molecule has 6 rings (SSSR count). The summed E-state index contributed by atoms with van der Waals surface area (Å²) in [7, 11) is 1.35. The van der Waals surface area contributed by atoms with Gasteiger partial charge in [-0.2, -0.15) is 0 Å². The molecule has 0 saturated heterocycles. The van der Waals surface area contributed by atoms with Crippen molar-refractivity contribution in [1.29, 1.82) is 0 Å². The maximum atomic E-state index is 13.8. The van der Waals surface area contributed by atoms with Crippen molar-refractivity contribution < 1.29 is 28.7 Å². The van der Waals surface area contributed by atoms with E-state index in [0.29, 0.717) is 45.7 Å². The van der Waals surface area contributed by atoms with Crippen LogP contribution in [0.25, 0.3) is 6.08 Å². The van der Waals surface area contributed by atoms with Crippen molar-refractivity contribution in [2.24, 2.45) is 0 Å². The molecule has 0 aliphatic heterocycles. The summed E-state index contributed by atoms with van der Waals surface area (Å²) in [5.74, 6) is -0.786. The number of esters is 1. The fourth-order valence-electron chi connectivity index (χ4n) is 6.30. The van der Waals surface area contributed by atoms with Crippen LogP contribution < -0.4 is 20.7 Å². The van der Waals surface area contributed by atoms with Gasteiger partial charge in [-0.25, -0.2) is 4.79 Å². The van der Waals surface area contributed by atoms with Crippen molar-refractivity contribution >= 4 is 63.6 Å². The van der Waals surface area contributed by atoms with E-state index in [1.54, 1.807) is 67.6 Å². The number of anilines is 2. The molecule has 5 aromatic rings. The van der Waals surface area contributed by atoms with E-state index < -0.39 is 23.0 Å². The number of nitrogens with one attached hydrogen (secondary N) is 3. The number of ether oxygens (including phenoxy) is 2. The Hall–Kier alpha value is -5.65.